The number of benzene rings is 1. The Morgan fingerprint density at radius 3 is 2.63 bits per heavy atom. The molecule has 0 unspecified atom stereocenters. The standard InChI is InChI=1S/C13H19F3N2O/c1-2-18(10-13(14,15)16)7-4-8-19-12-6-3-5-11(17)9-12/h3,5-6,9H,2,4,7-8,10,17H2,1H3. The first kappa shape index (κ1) is 15.6. The summed E-state index contributed by atoms with van der Waals surface area (Å²) in [7, 11) is 0. The minimum atomic E-state index is -4.15. The lowest BCUT2D eigenvalue weighted by Gasteiger charge is -2.21. The molecule has 1 rings (SSSR count). The molecule has 0 atom stereocenters. The van der Waals surface area contributed by atoms with Gasteiger partial charge in [-0.2, -0.15) is 13.2 Å². The van der Waals surface area contributed by atoms with Crippen molar-refractivity contribution < 1.29 is 17.9 Å². The number of ether oxygens (including phenoxy) is 1. The summed E-state index contributed by atoms with van der Waals surface area (Å²) in [5.41, 5.74) is 6.19. The van der Waals surface area contributed by atoms with E-state index in [1.54, 1.807) is 31.2 Å². The maximum absolute atomic E-state index is 12.2. The van der Waals surface area contributed by atoms with Gasteiger partial charge in [-0.3, -0.25) is 4.90 Å². The fraction of sp³-hybridized carbons (Fsp3) is 0.538. The van der Waals surface area contributed by atoms with Crippen LogP contribution < -0.4 is 10.5 Å². The molecule has 0 aliphatic heterocycles. The minimum absolute atomic E-state index is 0.359. The van der Waals surface area contributed by atoms with E-state index in [9.17, 15) is 13.2 Å². The third-order valence-electron chi connectivity index (χ3n) is 2.60. The smallest absolute Gasteiger partial charge is 0.401 e. The number of nitrogens with two attached hydrogens (primary N) is 1. The topological polar surface area (TPSA) is 38.5 Å². The van der Waals surface area contributed by atoms with Crippen LogP contribution in [-0.2, 0) is 0 Å². The van der Waals surface area contributed by atoms with Crippen molar-refractivity contribution in [2.75, 3.05) is 32.0 Å². The molecule has 0 fully saturated rings. The van der Waals surface area contributed by atoms with Crippen LogP contribution in [0.25, 0.3) is 0 Å². The van der Waals surface area contributed by atoms with Crippen molar-refractivity contribution in [3.05, 3.63) is 24.3 Å². The Morgan fingerprint density at radius 2 is 2.05 bits per heavy atom. The highest BCUT2D eigenvalue weighted by atomic mass is 19.4. The molecule has 0 heterocycles. The van der Waals surface area contributed by atoms with Crippen LogP contribution in [-0.4, -0.2) is 37.3 Å². The van der Waals surface area contributed by atoms with Gasteiger partial charge in [0, 0.05) is 18.3 Å². The van der Waals surface area contributed by atoms with Gasteiger partial charge in [-0.1, -0.05) is 13.0 Å². The zero-order valence-electron chi connectivity index (χ0n) is 10.9. The Morgan fingerprint density at radius 1 is 1.32 bits per heavy atom. The molecule has 0 spiro atoms. The number of nitrogen functional groups attached to an aromatic ring is 1. The third kappa shape index (κ3) is 6.91. The molecule has 2 N–H and O–H groups in total. The van der Waals surface area contributed by atoms with Crippen molar-refractivity contribution in [3.63, 3.8) is 0 Å². The van der Waals surface area contributed by atoms with Gasteiger partial charge in [-0.25, -0.2) is 0 Å². The van der Waals surface area contributed by atoms with Crippen molar-refractivity contribution in [3.8, 4) is 5.75 Å². The highest BCUT2D eigenvalue weighted by Gasteiger charge is 2.29. The molecule has 19 heavy (non-hydrogen) atoms. The summed E-state index contributed by atoms with van der Waals surface area (Å²) in [4.78, 5) is 1.35. The van der Waals surface area contributed by atoms with Gasteiger partial charge in [-0.05, 0) is 25.1 Å². The van der Waals surface area contributed by atoms with E-state index < -0.39 is 12.7 Å². The maximum Gasteiger partial charge on any atom is 0.401 e. The number of hydrogen-bond donors (Lipinski definition) is 1. The van der Waals surface area contributed by atoms with Crippen LogP contribution in [0.15, 0.2) is 24.3 Å². The van der Waals surface area contributed by atoms with E-state index in [0.717, 1.165) is 0 Å². The fourth-order valence-electron chi connectivity index (χ4n) is 1.69. The van der Waals surface area contributed by atoms with Gasteiger partial charge in [0.2, 0.25) is 0 Å². The first-order chi connectivity index (χ1) is 8.90. The van der Waals surface area contributed by atoms with Crippen molar-refractivity contribution in [1.29, 1.82) is 0 Å². The molecule has 1 aromatic carbocycles. The van der Waals surface area contributed by atoms with Gasteiger partial charge in [0.05, 0.1) is 13.2 Å². The van der Waals surface area contributed by atoms with Crippen molar-refractivity contribution in [2.45, 2.75) is 19.5 Å². The summed E-state index contributed by atoms with van der Waals surface area (Å²) < 4.78 is 42.1. The van der Waals surface area contributed by atoms with Crippen molar-refractivity contribution in [1.82, 2.24) is 4.90 Å². The SMILES string of the molecule is CCN(CCCOc1cccc(N)c1)CC(F)(F)F. The molecule has 0 saturated carbocycles. The average molecular weight is 276 g/mol. The summed E-state index contributed by atoms with van der Waals surface area (Å²) >= 11 is 0. The summed E-state index contributed by atoms with van der Waals surface area (Å²) in [6.07, 6.45) is -3.61. The molecule has 0 aromatic heterocycles. The van der Waals surface area contributed by atoms with Crippen molar-refractivity contribution >= 4 is 5.69 Å². The zero-order chi connectivity index (χ0) is 14.3. The lowest BCUT2D eigenvalue weighted by Crippen LogP contribution is -2.35. The Bertz CT molecular complexity index is 382. The van der Waals surface area contributed by atoms with Gasteiger partial charge >= 0.3 is 6.18 Å². The normalized spacial score (nSPS) is 11.8. The summed E-state index contributed by atoms with van der Waals surface area (Å²) in [6, 6.07) is 6.97. The Labute approximate surface area is 111 Å². The number of rotatable bonds is 7. The van der Waals surface area contributed by atoms with Gasteiger partial charge in [-0.15, -0.1) is 0 Å². The predicted octanol–water partition coefficient (Wildman–Crippen LogP) is 2.92. The molecule has 6 heteroatoms. The third-order valence-corrected chi connectivity index (χ3v) is 2.60. The van der Waals surface area contributed by atoms with Crippen LogP contribution in [0.4, 0.5) is 18.9 Å². The van der Waals surface area contributed by atoms with E-state index in [0.29, 0.717) is 37.6 Å². The predicted molar refractivity (Wildman–Crippen MR) is 69.1 cm³/mol. The lowest BCUT2D eigenvalue weighted by molar-refractivity contribution is -0.145. The summed E-state index contributed by atoms with van der Waals surface area (Å²) in [5.74, 6) is 0.638. The van der Waals surface area contributed by atoms with Crippen LogP contribution in [0, 0.1) is 0 Å². The minimum Gasteiger partial charge on any atom is -0.493 e. The molecule has 0 aliphatic rings. The maximum atomic E-state index is 12.2. The number of anilines is 1. The van der Waals surface area contributed by atoms with E-state index in [2.05, 4.69) is 0 Å². The zero-order valence-corrected chi connectivity index (χ0v) is 10.9. The number of hydrogen-bond acceptors (Lipinski definition) is 3. The Kier molecular flexibility index (Phi) is 5.95. The van der Waals surface area contributed by atoms with Gasteiger partial charge in [0.25, 0.3) is 0 Å². The first-order valence-corrected chi connectivity index (χ1v) is 6.18. The first-order valence-electron chi connectivity index (χ1n) is 6.18. The second-order valence-electron chi connectivity index (χ2n) is 4.26. The van der Waals surface area contributed by atoms with Crippen LogP contribution >= 0.6 is 0 Å². The van der Waals surface area contributed by atoms with E-state index in [4.69, 9.17) is 10.5 Å². The van der Waals surface area contributed by atoms with Crippen LogP contribution in [0.2, 0.25) is 0 Å². The average Bonchev–Trinajstić information content (AvgIpc) is 2.31. The number of nitrogens with zero attached hydrogens (tertiary/aromatic N) is 1. The van der Waals surface area contributed by atoms with E-state index in [1.165, 1.54) is 4.90 Å². The largest absolute Gasteiger partial charge is 0.493 e. The van der Waals surface area contributed by atoms with Crippen LogP contribution in [0.3, 0.4) is 0 Å². The van der Waals surface area contributed by atoms with Crippen molar-refractivity contribution in [2.24, 2.45) is 0 Å². The monoisotopic (exact) mass is 276 g/mol. The quantitative estimate of drug-likeness (QED) is 0.614. The van der Waals surface area contributed by atoms with E-state index in [1.807, 2.05) is 0 Å². The molecule has 108 valence electrons. The summed E-state index contributed by atoms with van der Waals surface area (Å²) in [6.45, 7) is 1.94. The number of alkyl halides is 3. The second kappa shape index (κ2) is 7.23. The number of halogens is 3. The molecule has 0 bridgehead atoms. The van der Waals surface area contributed by atoms with Crippen LogP contribution in [0.1, 0.15) is 13.3 Å². The van der Waals surface area contributed by atoms with E-state index in [-0.39, 0.29) is 0 Å². The lowest BCUT2D eigenvalue weighted by atomic mass is 10.3. The van der Waals surface area contributed by atoms with Gasteiger partial charge in [0.1, 0.15) is 5.75 Å². The molecular weight excluding hydrogens is 257 g/mol. The highest BCUT2D eigenvalue weighted by Crippen LogP contribution is 2.17. The fourth-order valence-corrected chi connectivity index (χ4v) is 1.69. The second-order valence-corrected chi connectivity index (χ2v) is 4.26. The van der Waals surface area contributed by atoms with Gasteiger partial charge in [0.15, 0.2) is 0 Å². The highest BCUT2D eigenvalue weighted by molar-refractivity contribution is 5.43. The summed E-state index contributed by atoms with van der Waals surface area (Å²) in [5, 5.41) is 0. The Balaban J connectivity index is 2.26. The molecule has 3 nitrogen and oxygen atoms in total. The molecule has 0 radical (unpaired) electrons. The molecule has 0 aliphatic carbocycles. The molecule has 1 aromatic rings. The van der Waals surface area contributed by atoms with E-state index >= 15 is 0 Å². The molecule has 0 saturated heterocycles. The van der Waals surface area contributed by atoms with Gasteiger partial charge < -0.3 is 10.5 Å². The van der Waals surface area contributed by atoms with Crippen LogP contribution in [0.5, 0.6) is 5.75 Å². The molecule has 0 amide bonds. The Hall–Kier alpha value is -1.43. The molecular formula is C13H19F3N2O.